The highest BCUT2D eigenvalue weighted by Gasteiger charge is 2.08. The van der Waals surface area contributed by atoms with Crippen LogP contribution in [0.5, 0.6) is 0 Å². The van der Waals surface area contributed by atoms with Gasteiger partial charge in [0.05, 0.1) is 24.6 Å². The quantitative estimate of drug-likeness (QED) is 0.572. The maximum Gasteiger partial charge on any atom is 0.226 e. The molecule has 6 nitrogen and oxygen atoms in total. The number of rotatable bonds is 6. The third-order valence-electron chi connectivity index (χ3n) is 4.59. The van der Waals surface area contributed by atoms with Gasteiger partial charge in [0.25, 0.3) is 0 Å². The van der Waals surface area contributed by atoms with Crippen LogP contribution in [0.3, 0.4) is 0 Å². The molecular weight excluding hydrogens is 338 g/mol. The van der Waals surface area contributed by atoms with E-state index >= 15 is 0 Å². The van der Waals surface area contributed by atoms with Gasteiger partial charge < -0.3 is 9.88 Å². The highest BCUT2D eigenvalue weighted by atomic mass is 16.1. The predicted octanol–water partition coefficient (Wildman–Crippen LogP) is 3.62. The maximum absolute atomic E-state index is 12.4. The second kappa shape index (κ2) is 7.45. The summed E-state index contributed by atoms with van der Waals surface area (Å²) in [7, 11) is 0. The van der Waals surface area contributed by atoms with Crippen molar-refractivity contribution in [3.05, 3.63) is 78.5 Å². The number of imidazole rings is 1. The molecule has 4 rings (SSSR count). The van der Waals surface area contributed by atoms with E-state index in [1.165, 1.54) is 5.56 Å². The smallest absolute Gasteiger partial charge is 0.226 e. The number of fused-ring (bicyclic) bond motifs is 1. The number of aryl methyl sites for hydroxylation is 2. The van der Waals surface area contributed by atoms with Gasteiger partial charge in [-0.25, -0.2) is 4.98 Å². The van der Waals surface area contributed by atoms with E-state index in [0.29, 0.717) is 13.0 Å². The summed E-state index contributed by atoms with van der Waals surface area (Å²) in [6, 6.07) is 14.0. The van der Waals surface area contributed by atoms with Crippen LogP contribution in [0, 0.1) is 6.92 Å². The molecule has 0 bridgehead atoms. The molecule has 2 heterocycles. The van der Waals surface area contributed by atoms with Crippen molar-refractivity contribution in [1.82, 2.24) is 19.3 Å². The van der Waals surface area contributed by atoms with E-state index in [1.54, 1.807) is 12.5 Å². The summed E-state index contributed by atoms with van der Waals surface area (Å²) in [5.41, 5.74) is 4.17. The molecule has 0 fully saturated rings. The van der Waals surface area contributed by atoms with Crippen molar-refractivity contribution in [2.24, 2.45) is 0 Å². The molecule has 0 aliphatic heterocycles. The standard InChI is InChI=1S/C21H21N5O/c1-16-4-2-7-20-19(16)13-23-26(20)10-8-21(27)24-18-6-3-5-17(12-18)14-25-11-9-22-15-25/h2-7,9,11-13,15H,8,10,14H2,1H3,(H,24,27). The molecule has 0 saturated heterocycles. The molecule has 2 aromatic heterocycles. The predicted molar refractivity (Wildman–Crippen MR) is 105 cm³/mol. The fourth-order valence-electron chi connectivity index (χ4n) is 3.20. The largest absolute Gasteiger partial charge is 0.333 e. The Balaban J connectivity index is 1.38. The Morgan fingerprint density at radius 3 is 2.93 bits per heavy atom. The van der Waals surface area contributed by atoms with Crippen molar-refractivity contribution in [2.75, 3.05) is 5.32 Å². The van der Waals surface area contributed by atoms with Crippen LogP contribution >= 0.6 is 0 Å². The maximum atomic E-state index is 12.4. The zero-order chi connectivity index (χ0) is 18.6. The third-order valence-corrected chi connectivity index (χ3v) is 4.59. The van der Waals surface area contributed by atoms with E-state index in [4.69, 9.17) is 0 Å². The van der Waals surface area contributed by atoms with Gasteiger partial charge in [-0.2, -0.15) is 5.10 Å². The second-order valence-corrected chi connectivity index (χ2v) is 6.61. The molecule has 1 N–H and O–H groups in total. The Hall–Kier alpha value is -3.41. The van der Waals surface area contributed by atoms with Crippen molar-refractivity contribution in [3.8, 4) is 0 Å². The van der Waals surface area contributed by atoms with Gasteiger partial charge in [0.15, 0.2) is 0 Å². The monoisotopic (exact) mass is 359 g/mol. The molecular formula is C21H21N5O. The van der Waals surface area contributed by atoms with Crippen molar-refractivity contribution in [1.29, 1.82) is 0 Å². The third kappa shape index (κ3) is 3.89. The summed E-state index contributed by atoms with van der Waals surface area (Å²) < 4.78 is 3.88. The Kier molecular flexibility index (Phi) is 4.70. The Bertz CT molecular complexity index is 1070. The lowest BCUT2D eigenvalue weighted by atomic mass is 10.1. The van der Waals surface area contributed by atoms with Gasteiger partial charge >= 0.3 is 0 Å². The first-order valence-corrected chi connectivity index (χ1v) is 8.95. The number of hydrogen-bond acceptors (Lipinski definition) is 3. The van der Waals surface area contributed by atoms with Crippen molar-refractivity contribution in [3.63, 3.8) is 0 Å². The van der Waals surface area contributed by atoms with Gasteiger partial charge in [-0.1, -0.05) is 24.3 Å². The minimum Gasteiger partial charge on any atom is -0.333 e. The zero-order valence-electron chi connectivity index (χ0n) is 15.2. The highest BCUT2D eigenvalue weighted by Crippen LogP contribution is 2.18. The average molecular weight is 359 g/mol. The fraction of sp³-hybridized carbons (Fsp3) is 0.190. The summed E-state index contributed by atoms with van der Waals surface area (Å²) in [6.07, 6.45) is 7.69. The lowest BCUT2D eigenvalue weighted by molar-refractivity contribution is -0.116. The van der Waals surface area contributed by atoms with Crippen molar-refractivity contribution >= 4 is 22.5 Å². The molecule has 0 atom stereocenters. The molecule has 136 valence electrons. The SMILES string of the molecule is Cc1cccc2c1cnn2CCC(=O)Nc1cccc(Cn2ccnc2)c1. The van der Waals surface area contributed by atoms with Gasteiger partial charge in [-0.15, -0.1) is 0 Å². The van der Waals surface area contributed by atoms with Crippen molar-refractivity contribution < 1.29 is 4.79 Å². The molecule has 0 radical (unpaired) electrons. The molecule has 27 heavy (non-hydrogen) atoms. The fourth-order valence-corrected chi connectivity index (χ4v) is 3.20. The summed E-state index contributed by atoms with van der Waals surface area (Å²) in [5.74, 6) is -0.0221. The molecule has 0 unspecified atom stereocenters. The number of hydrogen-bond donors (Lipinski definition) is 1. The highest BCUT2D eigenvalue weighted by molar-refractivity contribution is 5.91. The van der Waals surface area contributed by atoms with Crippen molar-refractivity contribution in [2.45, 2.75) is 26.4 Å². The van der Waals surface area contributed by atoms with E-state index in [1.807, 2.05) is 58.0 Å². The van der Waals surface area contributed by atoms with Crippen LogP contribution in [0.15, 0.2) is 67.4 Å². The van der Waals surface area contributed by atoms with E-state index in [2.05, 4.69) is 28.4 Å². The molecule has 2 aromatic carbocycles. The van der Waals surface area contributed by atoms with Crippen LogP contribution in [0.2, 0.25) is 0 Å². The number of carbonyl (C=O) groups excluding carboxylic acids is 1. The van der Waals surface area contributed by atoms with Crippen LogP contribution in [-0.2, 0) is 17.9 Å². The van der Waals surface area contributed by atoms with Gasteiger partial charge in [0, 0.05) is 36.4 Å². The summed E-state index contributed by atoms with van der Waals surface area (Å²) in [6.45, 7) is 3.34. The van der Waals surface area contributed by atoms with Gasteiger partial charge in [0.2, 0.25) is 5.91 Å². The summed E-state index contributed by atoms with van der Waals surface area (Å²) in [4.78, 5) is 16.4. The Labute approximate surface area is 157 Å². The minimum absolute atomic E-state index is 0.0221. The lowest BCUT2D eigenvalue weighted by Crippen LogP contribution is -2.15. The minimum atomic E-state index is -0.0221. The number of carbonyl (C=O) groups is 1. The van der Waals surface area contributed by atoms with Gasteiger partial charge in [-0.05, 0) is 36.2 Å². The van der Waals surface area contributed by atoms with E-state index in [-0.39, 0.29) is 5.91 Å². The summed E-state index contributed by atoms with van der Waals surface area (Å²) in [5, 5.41) is 8.53. The first kappa shape index (κ1) is 17.0. The number of nitrogens with one attached hydrogen (secondary N) is 1. The average Bonchev–Trinajstić information content (AvgIpc) is 3.31. The normalized spacial score (nSPS) is 11.0. The van der Waals surface area contributed by atoms with Crippen LogP contribution in [0.25, 0.3) is 10.9 Å². The zero-order valence-corrected chi connectivity index (χ0v) is 15.2. The second-order valence-electron chi connectivity index (χ2n) is 6.61. The number of aromatic nitrogens is 4. The number of anilines is 1. The molecule has 1 amide bonds. The number of benzene rings is 2. The molecule has 6 heteroatoms. The van der Waals surface area contributed by atoms with Crippen LogP contribution in [0.1, 0.15) is 17.5 Å². The van der Waals surface area contributed by atoms with Crippen LogP contribution in [-0.4, -0.2) is 25.2 Å². The van der Waals surface area contributed by atoms with Gasteiger partial charge in [0.1, 0.15) is 0 Å². The first-order chi connectivity index (χ1) is 13.2. The van der Waals surface area contributed by atoms with E-state index in [9.17, 15) is 4.79 Å². The first-order valence-electron chi connectivity index (χ1n) is 8.95. The van der Waals surface area contributed by atoms with Crippen LogP contribution in [0.4, 0.5) is 5.69 Å². The molecule has 0 aliphatic carbocycles. The topological polar surface area (TPSA) is 64.7 Å². The molecule has 4 aromatic rings. The lowest BCUT2D eigenvalue weighted by Gasteiger charge is -2.09. The van der Waals surface area contributed by atoms with E-state index in [0.717, 1.165) is 28.7 Å². The Morgan fingerprint density at radius 1 is 1.19 bits per heavy atom. The van der Waals surface area contributed by atoms with E-state index < -0.39 is 0 Å². The number of nitrogens with zero attached hydrogens (tertiary/aromatic N) is 4. The molecule has 0 aliphatic rings. The molecule has 0 saturated carbocycles. The Morgan fingerprint density at radius 2 is 2.07 bits per heavy atom. The summed E-state index contributed by atoms with van der Waals surface area (Å²) >= 11 is 0. The van der Waals surface area contributed by atoms with Crippen LogP contribution < -0.4 is 5.32 Å². The molecule has 0 spiro atoms. The van der Waals surface area contributed by atoms with Gasteiger partial charge in [-0.3, -0.25) is 9.48 Å². The number of amides is 1.